The number of ketones is 1. The molecule has 3 heterocycles. The quantitative estimate of drug-likeness (QED) is 0.190. The minimum atomic E-state index is -1.73. The summed E-state index contributed by atoms with van der Waals surface area (Å²) in [5.41, 5.74) is -0.114. The molecule has 22 atom stereocenters. The van der Waals surface area contributed by atoms with Crippen molar-refractivity contribution in [3.05, 3.63) is 0 Å². The van der Waals surface area contributed by atoms with Crippen molar-refractivity contribution < 1.29 is 64.2 Å². The lowest BCUT2D eigenvalue weighted by Crippen LogP contribution is -2.65. The first kappa shape index (κ1) is 38.1. The topological polar surface area (TPSA) is 205 Å². The van der Waals surface area contributed by atoms with Crippen molar-refractivity contribution in [3.8, 4) is 0 Å². The van der Waals surface area contributed by atoms with Crippen LogP contribution >= 0.6 is 0 Å². The van der Waals surface area contributed by atoms with Crippen LogP contribution in [-0.2, 0) is 28.5 Å². The van der Waals surface area contributed by atoms with E-state index in [0.29, 0.717) is 66.5 Å². The fraction of sp³-hybridized carbons (Fsp3) is 0.974. The van der Waals surface area contributed by atoms with E-state index in [4.69, 9.17) is 23.7 Å². The van der Waals surface area contributed by atoms with Crippen LogP contribution in [0.2, 0.25) is 0 Å². The number of aliphatic hydroxyl groups excluding tert-OH is 7. The second-order valence-corrected chi connectivity index (χ2v) is 18.5. The van der Waals surface area contributed by atoms with Gasteiger partial charge in [-0.15, -0.1) is 0 Å². The smallest absolute Gasteiger partial charge is 0.187 e. The summed E-state index contributed by atoms with van der Waals surface area (Å²) in [6, 6.07) is 0. The third kappa shape index (κ3) is 6.07. The molecule has 0 radical (unpaired) electrons. The average Bonchev–Trinajstić information content (AvgIpc) is 3.61. The van der Waals surface area contributed by atoms with Gasteiger partial charge in [-0.2, -0.15) is 0 Å². The summed E-state index contributed by atoms with van der Waals surface area (Å²) in [6.45, 7) is 6.62. The second-order valence-electron chi connectivity index (χ2n) is 18.5. The molecule has 8 rings (SSSR count). The second kappa shape index (κ2) is 14.3. The Kier molecular flexibility index (Phi) is 10.5. The fourth-order valence-electron chi connectivity index (χ4n) is 13.2. The highest BCUT2D eigenvalue weighted by molar-refractivity contribution is 5.83. The third-order valence-corrected chi connectivity index (χ3v) is 16.0. The Morgan fingerprint density at radius 3 is 2.19 bits per heavy atom. The summed E-state index contributed by atoms with van der Waals surface area (Å²) in [5.74, 6) is 4.65. The summed E-state index contributed by atoms with van der Waals surface area (Å²) >= 11 is 0. The Bertz CT molecular complexity index is 1290. The van der Waals surface area contributed by atoms with Gasteiger partial charge >= 0.3 is 0 Å². The zero-order valence-electron chi connectivity index (χ0n) is 30.8. The number of rotatable bonds is 6. The van der Waals surface area contributed by atoms with Crippen molar-refractivity contribution in [1.82, 2.24) is 0 Å². The van der Waals surface area contributed by atoms with Gasteiger partial charge in [0.15, 0.2) is 12.6 Å². The van der Waals surface area contributed by atoms with E-state index in [1.807, 2.05) is 0 Å². The Balaban J connectivity index is 0.897. The summed E-state index contributed by atoms with van der Waals surface area (Å²) < 4.78 is 30.1. The minimum Gasteiger partial charge on any atom is -0.394 e. The number of hydrogen-bond donors (Lipinski definition) is 7. The molecule has 8 aliphatic rings. The van der Waals surface area contributed by atoms with Gasteiger partial charge < -0.3 is 59.4 Å². The molecule has 0 aromatic rings. The molecule has 0 amide bonds. The number of hydrogen-bond acceptors (Lipinski definition) is 13. The summed E-state index contributed by atoms with van der Waals surface area (Å²) in [6.07, 6.45) is -5.36. The molecule has 13 heteroatoms. The number of carbonyl (C=O) groups excluding carboxylic acids is 1. The highest BCUT2D eigenvalue weighted by atomic mass is 16.7. The Hall–Kier alpha value is -0.810. The largest absolute Gasteiger partial charge is 0.394 e. The predicted octanol–water partition coefficient (Wildman–Crippen LogP) is 0.895. The third-order valence-electron chi connectivity index (χ3n) is 16.0. The minimum absolute atomic E-state index is 0.00976. The SMILES string of the molecule is CC1CC[C@]2(C[C@H]3C[C@@H]4[C@H](CC(=O)[C@H]5[C@H]4CC[C@H]4C[C@@H](O[C@@H]6OC(CO)[C@@H](O[C@@H]7OC(CO)[C@H](O)[C@H](O)C7O)[C@H](O)C6O)CC[C@@]45C)[C@H]3[C@@H]2C)OC1. The van der Waals surface area contributed by atoms with Gasteiger partial charge in [0.25, 0.3) is 0 Å². The zero-order valence-corrected chi connectivity index (χ0v) is 30.8. The van der Waals surface area contributed by atoms with Crippen molar-refractivity contribution in [3.63, 3.8) is 0 Å². The van der Waals surface area contributed by atoms with Crippen LogP contribution in [0.3, 0.4) is 0 Å². The average molecular weight is 739 g/mol. The molecule has 3 aliphatic heterocycles. The van der Waals surface area contributed by atoms with Crippen LogP contribution in [0.15, 0.2) is 0 Å². The number of ether oxygens (including phenoxy) is 5. The number of fused-ring (bicyclic) bond motifs is 7. The van der Waals surface area contributed by atoms with Crippen molar-refractivity contribution >= 4 is 5.78 Å². The first-order valence-corrected chi connectivity index (χ1v) is 20.2. The molecule has 5 saturated carbocycles. The Morgan fingerprint density at radius 1 is 0.769 bits per heavy atom. The van der Waals surface area contributed by atoms with Gasteiger partial charge in [0.05, 0.1) is 24.9 Å². The molecule has 52 heavy (non-hydrogen) atoms. The normalized spacial score (nSPS) is 57.6. The lowest BCUT2D eigenvalue weighted by Gasteiger charge is -2.58. The fourth-order valence-corrected chi connectivity index (χ4v) is 13.2. The van der Waals surface area contributed by atoms with E-state index in [0.717, 1.165) is 38.7 Å². The van der Waals surface area contributed by atoms with E-state index < -0.39 is 74.6 Å². The molecule has 296 valence electrons. The van der Waals surface area contributed by atoms with Gasteiger partial charge in [-0.05, 0) is 111 Å². The lowest BCUT2D eigenvalue weighted by atomic mass is 9.46. The molecule has 5 unspecified atom stereocenters. The number of Topliss-reactive ketones (excluding diaryl/α,β-unsaturated/α-hetero) is 1. The van der Waals surface area contributed by atoms with Crippen LogP contribution in [-0.4, -0.2) is 134 Å². The van der Waals surface area contributed by atoms with Crippen LogP contribution in [0, 0.1) is 58.7 Å². The van der Waals surface area contributed by atoms with E-state index in [2.05, 4.69) is 20.8 Å². The maximum Gasteiger partial charge on any atom is 0.187 e. The van der Waals surface area contributed by atoms with E-state index in [1.54, 1.807) is 0 Å². The van der Waals surface area contributed by atoms with Gasteiger partial charge in [-0.1, -0.05) is 20.8 Å². The van der Waals surface area contributed by atoms with Crippen molar-refractivity contribution in [2.45, 2.75) is 158 Å². The molecule has 13 nitrogen and oxygen atoms in total. The maximum absolute atomic E-state index is 14.3. The first-order valence-electron chi connectivity index (χ1n) is 20.2. The summed E-state index contributed by atoms with van der Waals surface area (Å²) in [7, 11) is 0. The molecule has 1 spiro atoms. The van der Waals surface area contributed by atoms with Crippen LogP contribution in [0.4, 0.5) is 0 Å². The van der Waals surface area contributed by atoms with Crippen LogP contribution in [0.25, 0.3) is 0 Å². The van der Waals surface area contributed by atoms with Crippen LogP contribution in [0.1, 0.15) is 85.0 Å². The van der Waals surface area contributed by atoms with Crippen LogP contribution < -0.4 is 0 Å². The molecule has 3 saturated heterocycles. The monoisotopic (exact) mass is 738 g/mol. The van der Waals surface area contributed by atoms with E-state index in [1.165, 1.54) is 12.8 Å². The molecule has 0 aromatic heterocycles. The van der Waals surface area contributed by atoms with Gasteiger partial charge in [-0.25, -0.2) is 0 Å². The number of carbonyl (C=O) groups is 1. The standard InChI is InChI=1S/C39H62O13/c1-17-6-9-39(48-16-17)13-19-10-23-22-5-4-20-11-21(7-8-38(20,3)29(22)25(42)12-24(23)28(19)18(39)2)49-36-34(47)32(45)35(27(15-41)51-36)52-37-33(46)31(44)30(43)26(14-40)50-37/h17-24,26-37,40-41,43-47H,4-16H2,1-3H3/t17?,18-,19+,20-,21-,22-,23-,24-,26?,27?,28-,29+,30-,31-,32+,33?,34?,35+,36+,37-,38-,39+/m0/s1. The lowest BCUT2D eigenvalue weighted by molar-refractivity contribution is -0.364. The van der Waals surface area contributed by atoms with Crippen molar-refractivity contribution in [1.29, 1.82) is 0 Å². The zero-order chi connectivity index (χ0) is 36.9. The van der Waals surface area contributed by atoms with E-state index in [-0.39, 0.29) is 29.0 Å². The highest BCUT2D eigenvalue weighted by Gasteiger charge is 2.66. The predicted molar refractivity (Wildman–Crippen MR) is 182 cm³/mol. The molecule has 5 aliphatic carbocycles. The molecule has 8 fully saturated rings. The molecular formula is C39H62O13. The van der Waals surface area contributed by atoms with Gasteiger partial charge in [0.1, 0.15) is 54.6 Å². The van der Waals surface area contributed by atoms with E-state index in [9.17, 15) is 40.5 Å². The Morgan fingerprint density at radius 2 is 1.48 bits per heavy atom. The number of aliphatic hydroxyl groups is 7. The maximum atomic E-state index is 14.3. The first-order chi connectivity index (χ1) is 24.8. The molecule has 7 N–H and O–H groups in total. The molecular weight excluding hydrogens is 676 g/mol. The van der Waals surface area contributed by atoms with Gasteiger partial charge in [0.2, 0.25) is 0 Å². The van der Waals surface area contributed by atoms with E-state index >= 15 is 0 Å². The Labute approximate surface area is 306 Å². The molecule has 0 aromatic carbocycles. The van der Waals surface area contributed by atoms with Crippen molar-refractivity contribution in [2.24, 2.45) is 58.7 Å². The molecule has 0 bridgehead atoms. The summed E-state index contributed by atoms with van der Waals surface area (Å²) in [4.78, 5) is 14.3. The highest BCUT2D eigenvalue weighted by Crippen LogP contribution is 2.68. The summed E-state index contributed by atoms with van der Waals surface area (Å²) in [5, 5.41) is 72.7. The van der Waals surface area contributed by atoms with Gasteiger partial charge in [0, 0.05) is 18.9 Å². The van der Waals surface area contributed by atoms with Crippen molar-refractivity contribution in [2.75, 3.05) is 19.8 Å². The van der Waals surface area contributed by atoms with Gasteiger partial charge in [-0.3, -0.25) is 4.79 Å². The van der Waals surface area contributed by atoms with Crippen LogP contribution in [0.5, 0.6) is 0 Å².